The number of anilines is 1. The SMILES string of the molecule is O=C(CS)Nc1ccc(N=Nc2ccccc2)cc1. The quantitative estimate of drug-likeness (QED) is 0.641. The first-order valence-electron chi connectivity index (χ1n) is 5.75. The zero-order valence-electron chi connectivity index (χ0n) is 10.2. The molecule has 2 rings (SSSR count). The van der Waals surface area contributed by atoms with Crippen molar-refractivity contribution in [1.82, 2.24) is 0 Å². The summed E-state index contributed by atoms with van der Waals surface area (Å²) in [4.78, 5) is 11.1. The molecule has 0 unspecified atom stereocenters. The van der Waals surface area contributed by atoms with Crippen LogP contribution in [-0.2, 0) is 4.79 Å². The van der Waals surface area contributed by atoms with Gasteiger partial charge in [-0.1, -0.05) is 18.2 Å². The van der Waals surface area contributed by atoms with E-state index in [9.17, 15) is 4.79 Å². The van der Waals surface area contributed by atoms with E-state index in [0.717, 1.165) is 17.1 Å². The maximum atomic E-state index is 11.1. The fourth-order valence-electron chi connectivity index (χ4n) is 1.42. The Balaban J connectivity index is 2.03. The predicted molar refractivity (Wildman–Crippen MR) is 79.5 cm³/mol. The normalized spacial score (nSPS) is 10.6. The Morgan fingerprint density at radius 2 is 1.53 bits per heavy atom. The second-order valence-electron chi connectivity index (χ2n) is 3.79. The van der Waals surface area contributed by atoms with Gasteiger partial charge in [0, 0.05) is 5.69 Å². The minimum atomic E-state index is -0.137. The Labute approximate surface area is 117 Å². The maximum Gasteiger partial charge on any atom is 0.234 e. The second kappa shape index (κ2) is 6.70. The molecule has 0 aliphatic heterocycles. The molecule has 0 bridgehead atoms. The molecule has 19 heavy (non-hydrogen) atoms. The molecule has 0 aliphatic carbocycles. The average molecular weight is 271 g/mol. The van der Waals surface area contributed by atoms with Gasteiger partial charge < -0.3 is 5.32 Å². The molecule has 0 heterocycles. The highest BCUT2D eigenvalue weighted by molar-refractivity contribution is 7.81. The number of hydrogen-bond donors (Lipinski definition) is 2. The van der Waals surface area contributed by atoms with Crippen LogP contribution in [0, 0.1) is 0 Å². The van der Waals surface area contributed by atoms with Crippen molar-refractivity contribution in [2.75, 3.05) is 11.1 Å². The summed E-state index contributed by atoms with van der Waals surface area (Å²) < 4.78 is 0. The number of nitrogens with zero attached hydrogens (tertiary/aromatic N) is 2. The molecule has 2 aromatic rings. The molecule has 0 aliphatic rings. The Hall–Kier alpha value is -2.14. The molecule has 0 saturated heterocycles. The van der Waals surface area contributed by atoms with Crippen molar-refractivity contribution in [2.24, 2.45) is 10.2 Å². The average Bonchev–Trinajstić information content (AvgIpc) is 2.47. The Bertz CT molecular complexity index is 567. The predicted octanol–water partition coefficient (Wildman–Crippen LogP) is 3.97. The molecule has 1 N–H and O–H groups in total. The van der Waals surface area contributed by atoms with E-state index >= 15 is 0 Å². The van der Waals surface area contributed by atoms with Crippen molar-refractivity contribution in [2.45, 2.75) is 0 Å². The summed E-state index contributed by atoms with van der Waals surface area (Å²) >= 11 is 3.89. The van der Waals surface area contributed by atoms with Crippen molar-refractivity contribution in [3.63, 3.8) is 0 Å². The Morgan fingerprint density at radius 3 is 2.11 bits per heavy atom. The lowest BCUT2D eigenvalue weighted by Gasteiger charge is -2.02. The highest BCUT2D eigenvalue weighted by Gasteiger charge is 1.98. The van der Waals surface area contributed by atoms with Crippen LogP contribution >= 0.6 is 12.6 Å². The maximum absolute atomic E-state index is 11.1. The molecule has 0 aromatic heterocycles. The van der Waals surface area contributed by atoms with Crippen LogP contribution in [0.15, 0.2) is 64.8 Å². The lowest BCUT2D eigenvalue weighted by molar-refractivity contribution is -0.113. The van der Waals surface area contributed by atoms with Crippen molar-refractivity contribution in [1.29, 1.82) is 0 Å². The van der Waals surface area contributed by atoms with E-state index < -0.39 is 0 Å². The fraction of sp³-hybridized carbons (Fsp3) is 0.0714. The number of benzene rings is 2. The largest absolute Gasteiger partial charge is 0.325 e. The monoisotopic (exact) mass is 271 g/mol. The summed E-state index contributed by atoms with van der Waals surface area (Å²) in [5, 5.41) is 10.9. The molecule has 1 amide bonds. The van der Waals surface area contributed by atoms with Crippen molar-refractivity contribution in [3.05, 3.63) is 54.6 Å². The second-order valence-corrected chi connectivity index (χ2v) is 4.10. The van der Waals surface area contributed by atoms with Gasteiger partial charge in [0.2, 0.25) is 5.91 Å². The fourth-order valence-corrected chi connectivity index (χ4v) is 1.50. The highest BCUT2D eigenvalue weighted by Crippen LogP contribution is 2.19. The molecule has 96 valence electrons. The minimum absolute atomic E-state index is 0.137. The molecular weight excluding hydrogens is 258 g/mol. The van der Waals surface area contributed by atoms with Crippen LogP contribution in [-0.4, -0.2) is 11.7 Å². The topological polar surface area (TPSA) is 53.8 Å². The summed E-state index contributed by atoms with van der Waals surface area (Å²) in [5.74, 6) is 0.0251. The van der Waals surface area contributed by atoms with E-state index in [1.165, 1.54) is 0 Å². The summed E-state index contributed by atoms with van der Waals surface area (Å²) in [6.07, 6.45) is 0. The van der Waals surface area contributed by atoms with E-state index in [4.69, 9.17) is 0 Å². The lowest BCUT2D eigenvalue weighted by atomic mass is 10.3. The van der Waals surface area contributed by atoms with E-state index in [1.807, 2.05) is 30.3 Å². The van der Waals surface area contributed by atoms with Crippen LogP contribution in [0.2, 0.25) is 0 Å². The zero-order valence-corrected chi connectivity index (χ0v) is 11.0. The van der Waals surface area contributed by atoms with Gasteiger partial charge in [0.15, 0.2) is 0 Å². The summed E-state index contributed by atoms with van der Waals surface area (Å²) in [6.45, 7) is 0. The first-order valence-corrected chi connectivity index (χ1v) is 6.39. The van der Waals surface area contributed by atoms with Gasteiger partial charge in [0.25, 0.3) is 0 Å². The molecule has 0 fully saturated rings. The first-order chi connectivity index (χ1) is 9.28. The van der Waals surface area contributed by atoms with Crippen LogP contribution in [0.5, 0.6) is 0 Å². The highest BCUT2D eigenvalue weighted by atomic mass is 32.1. The number of nitrogens with one attached hydrogen (secondary N) is 1. The van der Waals surface area contributed by atoms with Gasteiger partial charge in [-0.15, -0.1) is 0 Å². The molecule has 0 radical (unpaired) electrons. The number of thiol groups is 1. The van der Waals surface area contributed by atoms with Crippen LogP contribution in [0.1, 0.15) is 0 Å². The molecular formula is C14H13N3OS. The van der Waals surface area contributed by atoms with Crippen LogP contribution in [0.4, 0.5) is 17.1 Å². The number of carbonyl (C=O) groups excluding carboxylic acids is 1. The van der Waals surface area contributed by atoms with E-state index in [-0.39, 0.29) is 11.7 Å². The van der Waals surface area contributed by atoms with Crippen LogP contribution < -0.4 is 5.32 Å². The molecule has 5 heteroatoms. The molecule has 2 aromatic carbocycles. The summed E-state index contributed by atoms with van der Waals surface area (Å²) in [7, 11) is 0. The Morgan fingerprint density at radius 1 is 0.947 bits per heavy atom. The van der Waals surface area contributed by atoms with Crippen LogP contribution in [0.3, 0.4) is 0 Å². The van der Waals surface area contributed by atoms with Crippen molar-refractivity contribution in [3.8, 4) is 0 Å². The van der Waals surface area contributed by atoms with Gasteiger partial charge in [-0.05, 0) is 36.4 Å². The third-order valence-corrected chi connectivity index (χ3v) is 2.62. The zero-order chi connectivity index (χ0) is 13.5. The van der Waals surface area contributed by atoms with E-state index in [1.54, 1.807) is 24.3 Å². The van der Waals surface area contributed by atoms with Gasteiger partial charge in [-0.2, -0.15) is 22.9 Å². The minimum Gasteiger partial charge on any atom is -0.325 e. The molecule has 0 saturated carbocycles. The van der Waals surface area contributed by atoms with Gasteiger partial charge in [0.05, 0.1) is 17.1 Å². The number of hydrogen-bond acceptors (Lipinski definition) is 4. The third kappa shape index (κ3) is 4.22. The molecule has 0 atom stereocenters. The smallest absolute Gasteiger partial charge is 0.234 e. The van der Waals surface area contributed by atoms with Gasteiger partial charge >= 0.3 is 0 Å². The summed E-state index contributed by atoms with van der Waals surface area (Å²) in [6, 6.07) is 16.6. The van der Waals surface area contributed by atoms with E-state index in [0.29, 0.717) is 0 Å². The van der Waals surface area contributed by atoms with Gasteiger partial charge in [0.1, 0.15) is 0 Å². The number of azo groups is 1. The molecule has 0 spiro atoms. The summed E-state index contributed by atoms with van der Waals surface area (Å²) in [5.41, 5.74) is 2.25. The number of rotatable bonds is 4. The van der Waals surface area contributed by atoms with Gasteiger partial charge in [-0.25, -0.2) is 0 Å². The van der Waals surface area contributed by atoms with Crippen molar-refractivity contribution < 1.29 is 4.79 Å². The van der Waals surface area contributed by atoms with Gasteiger partial charge in [-0.3, -0.25) is 4.79 Å². The number of amides is 1. The third-order valence-electron chi connectivity index (χ3n) is 2.33. The standard InChI is InChI=1S/C14H13N3OS/c18-14(10-19)15-11-6-8-13(9-7-11)17-16-12-4-2-1-3-5-12/h1-9,19H,10H2,(H,15,18). The number of carbonyl (C=O) groups is 1. The first kappa shape index (κ1) is 13.3. The van der Waals surface area contributed by atoms with E-state index in [2.05, 4.69) is 28.2 Å². The lowest BCUT2D eigenvalue weighted by Crippen LogP contribution is -2.12. The Kier molecular flexibility index (Phi) is 4.69. The van der Waals surface area contributed by atoms with Crippen molar-refractivity contribution >= 4 is 35.6 Å². The molecule has 4 nitrogen and oxygen atoms in total. The van der Waals surface area contributed by atoms with Crippen LogP contribution in [0.25, 0.3) is 0 Å².